The molecule has 1 aromatic rings. The second-order valence-corrected chi connectivity index (χ2v) is 4.74. The van der Waals surface area contributed by atoms with E-state index >= 15 is 0 Å². The summed E-state index contributed by atoms with van der Waals surface area (Å²) in [5, 5.41) is 12.4. The average molecular weight is 248 g/mol. The third-order valence-corrected chi connectivity index (χ3v) is 3.37. The minimum atomic E-state index is -0.870. The van der Waals surface area contributed by atoms with Crippen LogP contribution in [0.15, 0.2) is 24.3 Å². The first-order chi connectivity index (χ1) is 8.70. The zero-order chi connectivity index (χ0) is 13.0. The van der Waals surface area contributed by atoms with Crippen molar-refractivity contribution < 1.29 is 9.90 Å². The van der Waals surface area contributed by atoms with Crippen LogP contribution in [0.2, 0.25) is 0 Å². The Morgan fingerprint density at radius 3 is 2.78 bits per heavy atom. The molecular formula is C14H20N2O2. The number of nitrogens with one attached hydrogen (secondary N) is 1. The minimum absolute atomic E-state index is 0.346. The van der Waals surface area contributed by atoms with E-state index in [1.54, 1.807) is 12.1 Å². The molecule has 0 aliphatic carbocycles. The number of piperazine rings is 1. The Bertz CT molecular complexity index is 401. The molecule has 1 heterocycles. The van der Waals surface area contributed by atoms with Gasteiger partial charge in [0.1, 0.15) is 0 Å². The number of hydrogen-bond acceptors (Lipinski definition) is 3. The van der Waals surface area contributed by atoms with Gasteiger partial charge in [-0.2, -0.15) is 0 Å². The normalized spacial score (nSPS) is 19.8. The van der Waals surface area contributed by atoms with Crippen molar-refractivity contribution in [3.05, 3.63) is 29.8 Å². The number of benzene rings is 1. The van der Waals surface area contributed by atoms with E-state index in [2.05, 4.69) is 17.1 Å². The lowest BCUT2D eigenvalue weighted by Crippen LogP contribution is -2.50. The SMILES string of the molecule is CCC[C@H]1CN(c2ccc(C(=O)O)cc2)CCN1. The molecule has 1 fully saturated rings. The molecule has 0 spiro atoms. The van der Waals surface area contributed by atoms with Crippen LogP contribution in [-0.2, 0) is 0 Å². The van der Waals surface area contributed by atoms with Gasteiger partial charge in [0.2, 0.25) is 0 Å². The van der Waals surface area contributed by atoms with Crippen LogP contribution in [0.1, 0.15) is 30.1 Å². The van der Waals surface area contributed by atoms with Gasteiger partial charge in [-0.1, -0.05) is 13.3 Å². The van der Waals surface area contributed by atoms with Crippen LogP contribution in [0.25, 0.3) is 0 Å². The largest absolute Gasteiger partial charge is 0.478 e. The number of anilines is 1. The molecule has 0 saturated carbocycles. The highest BCUT2D eigenvalue weighted by Crippen LogP contribution is 2.18. The number of aromatic carboxylic acids is 1. The van der Waals surface area contributed by atoms with Crippen molar-refractivity contribution in [1.29, 1.82) is 0 Å². The van der Waals surface area contributed by atoms with Gasteiger partial charge in [0, 0.05) is 31.4 Å². The molecule has 0 aromatic heterocycles. The quantitative estimate of drug-likeness (QED) is 0.855. The summed E-state index contributed by atoms with van der Waals surface area (Å²) in [7, 11) is 0. The monoisotopic (exact) mass is 248 g/mol. The maximum absolute atomic E-state index is 10.8. The van der Waals surface area contributed by atoms with E-state index in [-0.39, 0.29) is 0 Å². The molecule has 1 aliphatic heterocycles. The summed E-state index contributed by atoms with van der Waals surface area (Å²) in [5.74, 6) is -0.870. The maximum Gasteiger partial charge on any atom is 0.335 e. The first-order valence-corrected chi connectivity index (χ1v) is 6.52. The van der Waals surface area contributed by atoms with Gasteiger partial charge in [-0.3, -0.25) is 0 Å². The zero-order valence-corrected chi connectivity index (χ0v) is 10.7. The maximum atomic E-state index is 10.8. The van der Waals surface area contributed by atoms with Gasteiger partial charge in [0.25, 0.3) is 0 Å². The van der Waals surface area contributed by atoms with Crippen LogP contribution in [0, 0.1) is 0 Å². The third kappa shape index (κ3) is 3.01. The molecule has 1 aromatic carbocycles. The summed E-state index contributed by atoms with van der Waals surface area (Å²) in [6.45, 7) is 5.17. The third-order valence-electron chi connectivity index (χ3n) is 3.37. The van der Waals surface area contributed by atoms with E-state index in [9.17, 15) is 4.79 Å². The fourth-order valence-corrected chi connectivity index (χ4v) is 2.42. The van der Waals surface area contributed by atoms with E-state index in [1.807, 2.05) is 12.1 Å². The number of carboxylic acids is 1. The second-order valence-electron chi connectivity index (χ2n) is 4.74. The highest BCUT2D eigenvalue weighted by atomic mass is 16.4. The number of carbonyl (C=O) groups is 1. The fourth-order valence-electron chi connectivity index (χ4n) is 2.42. The summed E-state index contributed by atoms with van der Waals surface area (Å²) >= 11 is 0. The Morgan fingerprint density at radius 1 is 1.44 bits per heavy atom. The predicted molar refractivity (Wildman–Crippen MR) is 72.3 cm³/mol. The Morgan fingerprint density at radius 2 is 2.17 bits per heavy atom. The number of nitrogens with zero attached hydrogens (tertiary/aromatic N) is 1. The molecule has 4 nitrogen and oxygen atoms in total. The summed E-state index contributed by atoms with van der Waals surface area (Å²) in [5.41, 5.74) is 1.46. The van der Waals surface area contributed by atoms with Crippen LogP contribution < -0.4 is 10.2 Å². The van der Waals surface area contributed by atoms with Crippen molar-refractivity contribution in [3.63, 3.8) is 0 Å². The smallest absolute Gasteiger partial charge is 0.335 e. The summed E-state index contributed by atoms with van der Waals surface area (Å²) in [6, 6.07) is 7.70. The molecular weight excluding hydrogens is 228 g/mol. The van der Waals surface area contributed by atoms with Crippen molar-refractivity contribution in [1.82, 2.24) is 5.32 Å². The minimum Gasteiger partial charge on any atom is -0.478 e. The lowest BCUT2D eigenvalue weighted by molar-refractivity contribution is 0.0697. The summed E-state index contributed by atoms with van der Waals surface area (Å²) < 4.78 is 0. The van der Waals surface area contributed by atoms with Crippen molar-refractivity contribution >= 4 is 11.7 Å². The van der Waals surface area contributed by atoms with Crippen LogP contribution in [0.3, 0.4) is 0 Å². The molecule has 98 valence electrons. The molecule has 1 atom stereocenters. The Hall–Kier alpha value is -1.55. The standard InChI is InChI=1S/C14H20N2O2/c1-2-3-12-10-16(9-8-15-12)13-6-4-11(5-7-13)14(17)18/h4-7,12,15H,2-3,8-10H2,1H3,(H,17,18)/t12-/m0/s1. The average Bonchev–Trinajstić information content (AvgIpc) is 2.39. The van der Waals surface area contributed by atoms with Gasteiger partial charge in [-0.05, 0) is 30.7 Å². The molecule has 1 saturated heterocycles. The zero-order valence-electron chi connectivity index (χ0n) is 10.7. The highest BCUT2D eigenvalue weighted by Gasteiger charge is 2.18. The molecule has 2 rings (SSSR count). The second kappa shape index (κ2) is 5.87. The van der Waals surface area contributed by atoms with Gasteiger partial charge in [-0.15, -0.1) is 0 Å². The molecule has 18 heavy (non-hydrogen) atoms. The first-order valence-electron chi connectivity index (χ1n) is 6.52. The Kier molecular flexibility index (Phi) is 4.20. The molecule has 0 unspecified atom stereocenters. The molecule has 2 N–H and O–H groups in total. The molecule has 0 amide bonds. The van der Waals surface area contributed by atoms with E-state index in [0.29, 0.717) is 11.6 Å². The molecule has 1 aliphatic rings. The van der Waals surface area contributed by atoms with E-state index in [4.69, 9.17) is 5.11 Å². The first kappa shape index (κ1) is 12.9. The van der Waals surface area contributed by atoms with E-state index in [1.165, 1.54) is 12.8 Å². The van der Waals surface area contributed by atoms with E-state index in [0.717, 1.165) is 25.3 Å². The van der Waals surface area contributed by atoms with Crippen molar-refractivity contribution in [2.24, 2.45) is 0 Å². The van der Waals surface area contributed by atoms with Crippen molar-refractivity contribution in [3.8, 4) is 0 Å². The van der Waals surface area contributed by atoms with Gasteiger partial charge in [0.05, 0.1) is 5.56 Å². The molecule has 4 heteroatoms. The fraction of sp³-hybridized carbons (Fsp3) is 0.500. The van der Waals surface area contributed by atoms with Gasteiger partial charge in [-0.25, -0.2) is 4.79 Å². The summed E-state index contributed by atoms with van der Waals surface area (Å²) in [6.07, 6.45) is 2.37. The number of carboxylic acid groups (broad SMARTS) is 1. The number of hydrogen-bond donors (Lipinski definition) is 2. The molecule has 0 radical (unpaired) electrons. The Balaban J connectivity index is 2.04. The van der Waals surface area contributed by atoms with Crippen molar-refractivity contribution in [2.45, 2.75) is 25.8 Å². The topological polar surface area (TPSA) is 52.6 Å². The number of rotatable bonds is 4. The van der Waals surface area contributed by atoms with Crippen LogP contribution in [-0.4, -0.2) is 36.8 Å². The van der Waals surface area contributed by atoms with Crippen LogP contribution >= 0.6 is 0 Å². The van der Waals surface area contributed by atoms with Crippen molar-refractivity contribution in [2.75, 3.05) is 24.5 Å². The van der Waals surface area contributed by atoms with E-state index < -0.39 is 5.97 Å². The summed E-state index contributed by atoms with van der Waals surface area (Å²) in [4.78, 5) is 13.1. The van der Waals surface area contributed by atoms with Crippen LogP contribution in [0.5, 0.6) is 0 Å². The van der Waals surface area contributed by atoms with Gasteiger partial charge < -0.3 is 15.3 Å². The Labute approximate surface area is 108 Å². The van der Waals surface area contributed by atoms with Gasteiger partial charge in [0.15, 0.2) is 0 Å². The van der Waals surface area contributed by atoms with Crippen LogP contribution in [0.4, 0.5) is 5.69 Å². The lowest BCUT2D eigenvalue weighted by atomic mass is 10.1. The molecule has 0 bridgehead atoms. The highest BCUT2D eigenvalue weighted by molar-refractivity contribution is 5.88. The lowest BCUT2D eigenvalue weighted by Gasteiger charge is -2.35. The predicted octanol–water partition coefficient (Wildman–Crippen LogP) is 1.96. The van der Waals surface area contributed by atoms with Gasteiger partial charge >= 0.3 is 5.97 Å².